The Morgan fingerprint density at radius 3 is 2.62 bits per heavy atom. The molecule has 0 aliphatic rings. The second-order valence-electron chi connectivity index (χ2n) is 6.62. The van der Waals surface area contributed by atoms with Gasteiger partial charge in [-0.1, -0.05) is 11.6 Å². The lowest BCUT2D eigenvalue weighted by molar-refractivity contribution is 0.146. The van der Waals surface area contributed by atoms with Gasteiger partial charge in [0.15, 0.2) is 11.6 Å². The quantitative estimate of drug-likeness (QED) is 0.382. The molecule has 1 aromatic carbocycles. The smallest absolute Gasteiger partial charge is 0.282 e. The zero-order valence-electron chi connectivity index (χ0n) is 16.1. The number of hydrogen-bond acceptors (Lipinski definition) is 7. The summed E-state index contributed by atoms with van der Waals surface area (Å²) in [6, 6.07) is 1.95. The van der Waals surface area contributed by atoms with Crippen LogP contribution < -0.4 is 16.6 Å². The van der Waals surface area contributed by atoms with Gasteiger partial charge in [-0.05, 0) is 6.92 Å². The molecule has 4 rings (SSSR count). The van der Waals surface area contributed by atoms with E-state index in [-0.39, 0.29) is 23.0 Å². The minimum atomic E-state index is -3.02. The first kappa shape index (κ1) is 21.5. The van der Waals surface area contributed by atoms with E-state index in [0.29, 0.717) is 6.07 Å². The van der Waals surface area contributed by atoms with E-state index in [9.17, 15) is 22.4 Å². The van der Waals surface area contributed by atoms with E-state index in [1.54, 1.807) is 0 Å². The normalized spacial score (nSPS) is 12.5. The SMILES string of the molecule is C[C@H](Nc1nc(N)nc(C(F)F)c1Cl)c1nc2cc(F)cc(F)c2c(=O)n1-c1cc[nH]n1. The first-order valence-electron chi connectivity index (χ1n) is 8.96. The van der Waals surface area contributed by atoms with E-state index >= 15 is 0 Å². The summed E-state index contributed by atoms with van der Waals surface area (Å²) in [4.78, 5) is 24.6. The topological polar surface area (TPSA) is 127 Å². The summed E-state index contributed by atoms with van der Waals surface area (Å²) >= 11 is 5.99. The van der Waals surface area contributed by atoms with Crippen LogP contribution in [0.25, 0.3) is 16.7 Å². The molecule has 9 nitrogen and oxygen atoms in total. The summed E-state index contributed by atoms with van der Waals surface area (Å²) in [6.07, 6.45) is -1.60. The first-order valence-corrected chi connectivity index (χ1v) is 9.34. The molecule has 3 aromatic heterocycles. The van der Waals surface area contributed by atoms with Gasteiger partial charge in [-0.2, -0.15) is 10.1 Å². The maximum atomic E-state index is 14.4. The molecule has 1 atom stereocenters. The Labute approximate surface area is 181 Å². The Hall–Kier alpha value is -3.74. The monoisotopic (exact) mass is 468 g/mol. The lowest BCUT2D eigenvalue weighted by atomic mass is 10.2. The van der Waals surface area contributed by atoms with E-state index < -0.39 is 51.7 Å². The molecular weight excluding hydrogens is 456 g/mol. The Morgan fingerprint density at radius 1 is 1.22 bits per heavy atom. The van der Waals surface area contributed by atoms with Crippen LogP contribution in [-0.2, 0) is 0 Å². The van der Waals surface area contributed by atoms with Crippen molar-refractivity contribution in [3.05, 3.63) is 62.9 Å². The van der Waals surface area contributed by atoms with Gasteiger partial charge in [0.2, 0.25) is 5.95 Å². The van der Waals surface area contributed by atoms with E-state index in [1.807, 2.05) is 0 Å². The van der Waals surface area contributed by atoms with Crippen LogP contribution in [0.15, 0.2) is 29.2 Å². The molecule has 0 fully saturated rings. The average molecular weight is 469 g/mol. The van der Waals surface area contributed by atoms with Crippen molar-refractivity contribution in [1.82, 2.24) is 29.7 Å². The molecule has 0 aliphatic heterocycles. The lowest BCUT2D eigenvalue weighted by Gasteiger charge is -2.20. The Kier molecular flexibility index (Phi) is 5.42. The van der Waals surface area contributed by atoms with Crippen molar-refractivity contribution in [2.24, 2.45) is 0 Å². The molecule has 32 heavy (non-hydrogen) atoms. The molecule has 0 amide bonds. The number of hydrogen-bond donors (Lipinski definition) is 3. The second kappa shape index (κ2) is 8.07. The summed E-state index contributed by atoms with van der Waals surface area (Å²) in [5, 5.41) is 8.26. The lowest BCUT2D eigenvalue weighted by Crippen LogP contribution is -2.28. The number of fused-ring (bicyclic) bond motifs is 1. The summed E-state index contributed by atoms with van der Waals surface area (Å²) in [6.45, 7) is 1.50. The molecular formula is C18H13ClF4N8O. The molecule has 0 unspecified atom stereocenters. The molecule has 0 bridgehead atoms. The predicted molar refractivity (Wildman–Crippen MR) is 108 cm³/mol. The van der Waals surface area contributed by atoms with E-state index in [4.69, 9.17) is 17.3 Å². The van der Waals surface area contributed by atoms with Gasteiger partial charge in [-0.25, -0.2) is 32.1 Å². The number of alkyl halides is 2. The number of nitrogens with one attached hydrogen (secondary N) is 2. The van der Waals surface area contributed by atoms with Crippen molar-refractivity contribution >= 4 is 34.3 Å². The first-order chi connectivity index (χ1) is 15.2. The highest BCUT2D eigenvalue weighted by Gasteiger charge is 2.25. The molecule has 0 aliphatic carbocycles. The summed E-state index contributed by atoms with van der Waals surface area (Å²) < 4.78 is 55.5. The van der Waals surface area contributed by atoms with Gasteiger partial charge in [0, 0.05) is 24.4 Å². The minimum absolute atomic E-state index is 0.0496. The fraction of sp³-hybridized carbons (Fsp3) is 0.167. The largest absolute Gasteiger partial charge is 0.368 e. The number of H-pyrrole nitrogens is 1. The Balaban J connectivity index is 1.91. The molecule has 4 aromatic rings. The van der Waals surface area contributed by atoms with Crippen LogP contribution in [-0.4, -0.2) is 29.7 Å². The van der Waals surface area contributed by atoms with Gasteiger partial charge < -0.3 is 11.1 Å². The molecule has 14 heteroatoms. The number of nitrogens with zero attached hydrogens (tertiary/aromatic N) is 5. The fourth-order valence-electron chi connectivity index (χ4n) is 3.13. The number of aromatic amines is 1. The number of rotatable bonds is 5. The molecule has 0 spiro atoms. The van der Waals surface area contributed by atoms with Crippen molar-refractivity contribution in [3.63, 3.8) is 0 Å². The molecule has 0 saturated heterocycles. The second-order valence-corrected chi connectivity index (χ2v) is 7.00. The number of nitrogen functional groups attached to an aromatic ring is 1. The van der Waals surface area contributed by atoms with Crippen molar-refractivity contribution in [3.8, 4) is 5.82 Å². The van der Waals surface area contributed by atoms with Crippen LogP contribution in [0.3, 0.4) is 0 Å². The molecule has 0 saturated carbocycles. The van der Waals surface area contributed by atoms with Crippen LogP contribution in [0.1, 0.15) is 30.9 Å². The molecule has 0 radical (unpaired) electrons. The number of aromatic nitrogens is 6. The molecule has 166 valence electrons. The van der Waals surface area contributed by atoms with E-state index in [1.165, 1.54) is 19.2 Å². The van der Waals surface area contributed by atoms with Gasteiger partial charge in [0.1, 0.15) is 33.6 Å². The van der Waals surface area contributed by atoms with Crippen molar-refractivity contribution < 1.29 is 17.6 Å². The van der Waals surface area contributed by atoms with Crippen LogP contribution in [0.2, 0.25) is 5.02 Å². The standard InChI is InChI=1S/C18H13ClF4N8O/c1-6(26-15-12(19)13(14(22)23)28-18(24)29-15)16-27-9-5-7(20)4-8(21)11(9)17(32)31(16)10-2-3-25-30-10/h2-6,14H,1H3,(H,25,30)(H3,24,26,28,29)/t6-/m0/s1. The van der Waals surface area contributed by atoms with Gasteiger partial charge >= 0.3 is 0 Å². The highest BCUT2D eigenvalue weighted by atomic mass is 35.5. The molecule has 4 N–H and O–H groups in total. The van der Waals surface area contributed by atoms with Crippen molar-refractivity contribution in [1.29, 1.82) is 0 Å². The maximum absolute atomic E-state index is 14.4. The third kappa shape index (κ3) is 3.70. The van der Waals surface area contributed by atoms with E-state index in [2.05, 4.69) is 30.5 Å². The van der Waals surface area contributed by atoms with E-state index in [0.717, 1.165) is 10.6 Å². The zero-order chi connectivity index (χ0) is 23.2. The van der Waals surface area contributed by atoms with Crippen LogP contribution in [0, 0.1) is 11.6 Å². The van der Waals surface area contributed by atoms with Crippen molar-refractivity contribution in [2.45, 2.75) is 19.4 Å². The third-order valence-electron chi connectivity index (χ3n) is 4.47. The average Bonchev–Trinajstić information content (AvgIpc) is 3.23. The minimum Gasteiger partial charge on any atom is -0.368 e. The Morgan fingerprint density at radius 2 is 1.97 bits per heavy atom. The van der Waals surface area contributed by atoms with Gasteiger partial charge in [-0.3, -0.25) is 9.89 Å². The highest BCUT2D eigenvalue weighted by Crippen LogP contribution is 2.32. The van der Waals surface area contributed by atoms with Crippen LogP contribution in [0.4, 0.5) is 29.3 Å². The number of nitrogens with two attached hydrogens (primary N) is 1. The summed E-state index contributed by atoms with van der Waals surface area (Å²) in [5.41, 5.74) is 3.61. The van der Waals surface area contributed by atoms with Gasteiger partial charge in [0.05, 0.1) is 11.6 Å². The van der Waals surface area contributed by atoms with Gasteiger partial charge in [0.25, 0.3) is 12.0 Å². The molecule has 3 heterocycles. The summed E-state index contributed by atoms with van der Waals surface area (Å²) in [5.74, 6) is -2.71. The van der Waals surface area contributed by atoms with Crippen LogP contribution >= 0.6 is 11.6 Å². The number of anilines is 2. The van der Waals surface area contributed by atoms with Gasteiger partial charge in [-0.15, -0.1) is 0 Å². The zero-order valence-corrected chi connectivity index (χ0v) is 16.8. The third-order valence-corrected chi connectivity index (χ3v) is 4.84. The number of halogens is 5. The maximum Gasteiger partial charge on any atom is 0.282 e. The number of benzene rings is 1. The Bertz CT molecular complexity index is 1380. The van der Waals surface area contributed by atoms with Crippen molar-refractivity contribution in [2.75, 3.05) is 11.1 Å². The highest BCUT2D eigenvalue weighted by molar-refractivity contribution is 6.33. The summed E-state index contributed by atoms with van der Waals surface area (Å²) in [7, 11) is 0. The fourth-order valence-corrected chi connectivity index (χ4v) is 3.35. The van der Waals surface area contributed by atoms with Crippen LogP contribution in [0.5, 0.6) is 0 Å². The predicted octanol–water partition coefficient (Wildman–Crippen LogP) is 3.52.